The van der Waals surface area contributed by atoms with E-state index in [0.717, 1.165) is 13.0 Å². The Morgan fingerprint density at radius 1 is 1.25 bits per heavy atom. The predicted octanol–water partition coefficient (Wildman–Crippen LogP) is 2.65. The Morgan fingerprint density at radius 2 is 2.05 bits per heavy atom. The fourth-order valence-electron chi connectivity index (χ4n) is 2.37. The van der Waals surface area contributed by atoms with E-state index in [0.29, 0.717) is 25.4 Å². The Bertz CT molecular complexity index is 441. The highest BCUT2D eigenvalue weighted by Crippen LogP contribution is 2.34. The number of nitrogens with one attached hydrogen (secondary N) is 1. The van der Waals surface area contributed by atoms with Crippen LogP contribution in [0.15, 0.2) is 18.2 Å². The maximum absolute atomic E-state index is 13.1. The Labute approximate surface area is 116 Å². The van der Waals surface area contributed by atoms with Gasteiger partial charge >= 0.3 is 6.18 Å². The smallest absolute Gasteiger partial charge is 0.380 e. The maximum atomic E-state index is 13.1. The molecule has 0 amide bonds. The quantitative estimate of drug-likeness (QED) is 0.925. The average Bonchev–Trinajstić information content (AvgIpc) is 2.67. The van der Waals surface area contributed by atoms with Gasteiger partial charge in [0, 0.05) is 31.9 Å². The van der Waals surface area contributed by atoms with E-state index in [1.165, 1.54) is 6.07 Å². The largest absolute Gasteiger partial charge is 0.416 e. The minimum atomic E-state index is -4.33. The van der Waals surface area contributed by atoms with Crippen LogP contribution in [0.25, 0.3) is 0 Å². The molecule has 20 heavy (non-hydrogen) atoms. The molecule has 0 bridgehead atoms. The highest BCUT2D eigenvalue weighted by molar-refractivity contribution is 5.52. The summed E-state index contributed by atoms with van der Waals surface area (Å²) in [5.41, 5.74) is 0.326. The number of halogens is 3. The zero-order valence-corrected chi connectivity index (χ0v) is 11.5. The van der Waals surface area contributed by atoms with Crippen LogP contribution in [0.2, 0.25) is 0 Å². The van der Waals surface area contributed by atoms with Crippen molar-refractivity contribution < 1.29 is 17.9 Å². The molecule has 6 heteroatoms. The Morgan fingerprint density at radius 3 is 2.75 bits per heavy atom. The van der Waals surface area contributed by atoms with Gasteiger partial charge in [0.1, 0.15) is 0 Å². The van der Waals surface area contributed by atoms with Crippen molar-refractivity contribution in [1.29, 1.82) is 0 Å². The molecular formula is C14H19F3N2O. The molecule has 112 valence electrons. The van der Waals surface area contributed by atoms with Gasteiger partial charge in [0.25, 0.3) is 0 Å². The number of ether oxygens (including phenoxy) is 1. The molecule has 3 nitrogen and oxygen atoms in total. The summed E-state index contributed by atoms with van der Waals surface area (Å²) in [4.78, 5) is 1.95. The van der Waals surface area contributed by atoms with Crippen molar-refractivity contribution >= 4 is 5.69 Å². The molecule has 1 aliphatic rings. The second kappa shape index (κ2) is 6.45. The van der Waals surface area contributed by atoms with Gasteiger partial charge in [-0.05, 0) is 31.2 Å². The summed E-state index contributed by atoms with van der Waals surface area (Å²) < 4.78 is 44.7. The average molecular weight is 288 g/mol. The van der Waals surface area contributed by atoms with E-state index >= 15 is 0 Å². The third-order valence-electron chi connectivity index (χ3n) is 3.35. The summed E-state index contributed by atoms with van der Waals surface area (Å²) in [6.45, 7) is 2.78. The van der Waals surface area contributed by atoms with Gasteiger partial charge in [-0.25, -0.2) is 0 Å². The Hall–Kier alpha value is -1.27. The number of hydrogen-bond donors (Lipinski definition) is 1. The zero-order chi connectivity index (χ0) is 14.6. The second-order valence-electron chi connectivity index (χ2n) is 4.82. The fraction of sp³-hybridized carbons (Fsp3) is 0.571. The first kappa shape index (κ1) is 15.1. The topological polar surface area (TPSA) is 24.5 Å². The van der Waals surface area contributed by atoms with Gasteiger partial charge in [0.05, 0.1) is 12.2 Å². The highest BCUT2D eigenvalue weighted by Gasteiger charge is 2.33. The lowest BCUT2D eigenvalue weighted by Crippen LogP contribution is -2.26. The van der Waals surface area contributed by atoms with Gasteiger partial charge in [-0.1, -0.05) is 6.07 Å². The molecule has 0 unspecified atom stereocenters. The predicted molar refractivity (Wildman–Crippen MR) is 71.9 cm³/mol. The molecule has 0 aromatic heterocycles. The molecule has 1 N–H and O–H groups in total. The molecule has 1 aliphatic heterocycles. The SMILES string of the molecule is CNCc1ccc(N2CCCOCC2)cc1C(F)(F)F. The van der Waals surface area contributed by atoms with E-state index in [1.807, 2.05) is 4.90 Å². The lowest BCUT2D eigenvalue weighted by molar-refractivity contribution is -0.138. The van der Waals surface area contributed by atoms with Crippen LogP contribution in [0, 0.1) is 0 Å². The molecule has 1 heterocycles. The Balaban J connectivity index is 2.30. The first-order valence-corrected chi connectivity index (χ1v) is 6.70. The normalized spacial score (nSPS) is 17.1. The van der Waals surface area contributed by atoms with Gasteiger partial charge < -0.3 is 15.0 Å². The number of nitrogens with zero attached hydrogens (tertiary/aromatic N) is 1. The van der Waals surface area contributed by atoms with Gasteiger partial charge in [-0.3, -0.25) is 0 Å². The summed E-state index contributed by atoms with van der Waals surface area (Å²) in [7, 11) is 1.64. The van der Waals surface area contributed by atoms with E-state index in [2.05, 4.69) is 5.32 Å². The molecule has 1 saturated heterocycles. The number of rotatable bonds is 3. The lowest BCUT2D eigenvalue weighted by Gasteiger charge is -2.24. The number of anilines is 1. The van der Waals surface area contributed by atoms with Crippen molar-refractivity contribution in [2.75, 3.05) is 38.3 Å². The zero-order valence-electron chi connectivity index (χ0n) is 11.5. The molecule has 0 saturated carbocycles. The second-order valence-corrected chi connectivity index (χ2v) is 4.82. The standard InChI is InChI=1S/C14H19F3N2O/c1-18-10-11-3-4-12(9-13(11)14(15,16)17)19-5-2-7-20-8-6-19/h3-4,9,18H,2,5-8,10H2,1H3. The molecule has 0 radical (unpaired) electrons. The lowest BCUT2D eigenvalue weighted by atomic mass is 10.1. The molecule has 1 fully saturated rings. The molecule has 0 atom stereocenters. The van der Waals surface area contributed by atoms with Gasteiger partial charge in [-0.2, -0.15) is 13.2 Å². The van der Waals surface area contributed by atoms with Gasteiger partial charge in [0.2, 0.25) is 0 Å². The molecular weight excluding hydrogens is 269 g/mol. The van der Waals surface area contributed by atoms with Crippen LogP contribution < -0.4 is 10.2 Å². The third kappa shape index (κ3) is 3.64. The molecule has 2 rings (SSSR count). The van der Waals surface area contributed by atoms with E-state index in [1.54, 1.807) is 19.2 Å². The van der Waals surface area contributed by atoms with Gasteiger partial charge in [-0.15, -0.1) is 0 Å². The van der Waals surface area contributed by atoms with Crippen LogP contribution in [-0.2, 0) is 17.5 Å². The van der Waals surface area contributed by atoms with Crippen molar-refractivity contribution in [2.24, 2.45) is 0 Å². The molecule has 1 aromatic carbocycles. The van der Waals surface area contributed by atoms with E-state index < -0.39 is 11.7 Å². The highest BCUT2D eigenvalue weighted by atomic mass is 19.4. The third-order valence-corrected chi connectivity index (χ3v) is 3.35. The number of alkyl halides is 3. The van der Waals surface area contributed by atoms with Crippen LogP contribution >= 0.6 is 0 Å². The fourth-order valence-corrected chi connectivity index (χ4v) is 2.37. The summed E-state index contributed by atoms with van der Waals surface area (Å²) in [5.74, 6) is 0. The van der Waals surface area contributed by atoms with Crippen molar-refractivity contribution in [3.05, 3.63) is 29.3 Å². The van der Waals surface area contributed by atoms with Crippen molar-refractivity contribution in [3.63, 3.8) is 0 Å². The first-order valence-electron chi connectivity index (χ1n) is 6.70. The molecule has 0 spiro atoms. The van der Waals surface area contributed by atoms with E-state index in [4.69, 9.17) is 4.74 Å². The van der Waals surface area contributed by atoms with E-state index in [-0.39, 0.29) is 12.1 Å². The maximum Gasteiger partial charge on any atom is 0.416 e. The minimum absolute atomic E-state index is 0.207. The monoisotopic (exact) mass is 288 g/mol. The summed E-state index contributed by atoms with van der Waals surface area (Å²) >= 11 is 0. The van der Waals surface area contributed by atoms with Crippen molar-refractivity contribution in [3.8, 4) is 0 Å². The first-order chi connectivity index (χ1) is 9.52. The Kier molecular flexibility index (Phi) is 4.88. The molecule has 1 aromatic rings. The van der Waals surface area contributed by atoms with Crippen LogP contribution in [0.3, 0.4) is 0 Å². The number of benzene rings is 1. The number of hydrogen-bond acceptors (Lipinski definition) is 3. The van der Waals surface area contributed by atoms with E-state index in [9.17, 15) is 13.2 Å². The summed E-state index contributed by atoms with van der Waals surface area (Å²) in [6.07, 6.45) is -3.50. The molecule has 0 aliphatic carbocycles. The van der Waals surface area contributed by atoms with Gasteiger partial charge in [0.15, 0.2) is 0 Å². The van der Waals surface area contributed by atoms with Crippen molar-refractivity contribution in [1.82, 2.24) is 5.32 Å². The minimum Gasteiger partial charge on any atom is -0.380 e. The summed E-state index contributed by atoms with van der Waals surface area (Å²) in [6, 6.07) is 4.56. The van der Waals surface area contributed by atoms with Crippen LogP contribution in [0.1, 0.15) is 17.5 Å². The summed E-state index contributed by atoms with van der Waals surface area (Å²) in [5, 5.41) is 2.77. The van der Waals surface area contributed by atoms with Crippen LogP contribution in [-0.4, -0.2) is 33.4 Å². The van der Waals surface area contributed by atoms with Crippen molar-refractivity contribution in [2.45, 2.75) is 19.1 Å². The van der Waals surface area contributed by atoms with Crippen LogP contribution in [0.5, 0.6) is 0 Å². The van der Waals surface area contributed by atoms with Crippen LogP contribution in [0.4, 0.5) is 18.9 Å².